The Labute approximate surface area is 156 Å². The van der Waals surface area contributed by atoms with E-state index in [1.165, 1.54) is 6.07 Å². The third-order valence-corrected chi connectivity index (χ3v) is 4.06. The first-order valence-corrected chi connectivity index (χ1v) is 8.56. The van der Waals surface area contributed by atoms with Crippen LogP contribution in [-0.2, 0) is 6.54 Å². The second-order valence-electron chi connectivity index (χ2n) is 5.11. The lowest BCUT2D eigenvalue weighted by Crippen LogP contribution is -2.04. The zero-order valence-electron chi connectivity index (χ0n) is 13.9. The highest BCUT2D eigenvalue weighted by molar-refractivity contribution is 6.33. The molecule has 0 aliphatic rings. The van der Waals surface area contributed by atoms with Gasteiger partial charge in [0, 0.05) is 23.3 Å². The van der Waals surface area contributed by atoms with Gasteiger partial charge in [-0.15, -0.1) is 0 Å². The molecule has 0 radical (unpaired) electrons. The summed E-state index contributed by atoms with van der Waals surface area (Å²) < 4.78 is 11.1. The van der Waals surface area contributed by atoms with Crippen molar-refractivity contribution in [3.8, 4) is 11.5 Å². The maximum atomic E-state index is 11.0. The molecule has 0 fully saturated rings. The third-order valence-electron chi connectivity index (χ3n) is 3.39. The van der Waals surface area contributed by atoms with Crippen LogP contribution in [0.2, 0.25) is 10.0 Å². The zero-order chi connectivity index (χ0) is 18.4. The molecule has 0 unspecified atom stereocenters. The molecule has 0 atom stereocenters. The fraction of sp³-hybridized carbons (Fsp3) is 0.278. The van der Waals surface area contributed by atoms with Gasteiger partial charge in [-0.3, -0.25) is 0 Å². The molecule has 0 bridgehead atoms. The Kier molecular flexibility index (Phi) is 6.79. The van der Waals surface area contributed by atoms with Crippen LogP contribution < -0.4 is 14.8 Å². The predicted molar refractivity (Wildman–Crippen MR) is 99.5 cm³/mol. The Bertz CT molecular complexity index is 765. The van der Waals surface area contributed by atoms with Crippen molar-refractivity contribution in [1.29, 1.82) is 0 Å². The van der Waals surface area contributed by atoms with Crippen molar-refractivity contribution in [3.63, 3.8) is 0 Å². The number of ether oxygens (including phenoxy) is 2. The largest absolute Gasteiger partial charge is 0.490 e. The number of halogens is 2. The molecule has 0 saturated carbocycles. The summed E-state index contributed by atoms with van der Waals surface area (Å²) in [5.74, 6) is 0.171. The number of benzene rings is 2. The molecule has 25 heavy (non-hydrogen) atoms. The average molecular weight is 384 g/mol. The summed E-state index contributed by atoms with van der Waals surface area (Å²) in [6.07, 6.45) is 0. The Morgan fingerprint density at radius 2 is 1.68 bits per heavy atom. The van der Waals surface area contributed by atoms with E-state index < -0.39 is 5.97 Å². The van der Waals surface area contributed by atoms with Crippen molar-refractivity contribution in [1.82, 2.24) is 0 Å². The van der Waals surface area contributed by atoms with Crippen LogP contribution in [0.1, 0.15) is 29.8 Å². The van der Waals surface area contributed by atoms with Gasteiger partial charge in [0.2, 0.25) is 0 Å². The van der Waals surface area contributed by atoms with E-state index in [1.54, 1.807) is 18.2 Å². The summed E-state index contributed by atoms with van der Waals surface area (Å²) in [5.41, 5.74) is 1.58. The normalized spacial score (nSPS) is 10.4. The maximum absolute atomic E-state index is 11.0. The van der Waals surface area contributed by atoms with Crippen LogP contribution in [0.15, 0.2) is 30.3 Å². The SMILES string of the molecule is CCOc1cc(Cl)c(CNc2ccc(C(=O)O)c(Cl)c2)cc1OCC. The van der Waals surface area contributed by atoms with Crippen LogP contribution in [0.3, 0.4) is 0 Å². The fourth-order valence-electron chi connectivity index (χ4n) is 2.25. The topological polar surface area (TPSA) is 67.8 Å². The highest BCUT2D eigenvalue weighted by Gasteiger charge is 2.12. The van der Waals surface area contributed by atoms with Crippen molar-refractivity contribution < 1.29 is 19.4 Å². The molecule has 2 N–H and O–H groups in total. The van der Waals surface area contributed by atoms with Gasteiger partial charge < -0.3 is 19.9 Å². The second kappa shape index (κ2) is 8.83. The van der Waals surface area contributed by atoms with Crippen molar-refractivity contribution in [3.05, 3.63) is 51.5 Å². The summed E-state index contributed by atoms with van der Waals surface area (Å²) in [6.45, 7) is 5.25. The van der Waals surface area contributed by atoms with Gasteiger partial charge in [-0.2, -0.15) is 0 Å². The lowest BCUT2D eigenvalue weighted by atomic mass is 10.1. The Balaban J connectivity index is 2.18. The average Bonchev–Trinajstić information content (AvgIpc) is 2.56. The molecule has 0 aliphatic carbocycles. The number of rotatable bonds is 8. The van der Waals surface area contributed by atoms with Crippen molar-refractivity contribution >= 4 is 34.9 Å². The highest BCUT2D eigenvalue weighted by atomic mass is 35.5. The first-order valence-electron chi connectivity index (χ1n) is 7.81. The van der Waals surface area contributed by atoms with E-state index in [1.807, 2.05) is 19.9 Å². The van der Waals surface area contributed by atoms with Crippen LogP contribution in [0.5, 0.6) is 11.5 Å². The minimum absolute atomic E-state index is 0.0601. The van der Waals surface area contributed by atoms with E-state index in [4.69, 9.17) is 37.8 Å². The number of anilines is 1. The Hall–Kier alpha value is -2.11. The van der Waals surface area contributed by atoms with E-state index >= 15 is 0 Å². The van der Waals surface area contributed by atoms with Gasteiger partial charge in [-0.25, -0.2) is 4.79 Å². The number of aromatic carboxylic acids is 1. The van der Waals surface area contributed by atoms with Crippen molar-refractivity contribution in [2.75, 3.05) is 18.5 Å². The zero-order valence-corrected chi connectivity index (χ0v) is 15.4. The molecule has 5 nitrogen and oxygen atoms in total. The molecular weight excluding hydrogens is 365 g/mol. The standard InChI is InChI=1S/C18H19Cl2NO4/c1-3-24-16-7-11(14(19)9-17(16)25-4-2)10-21-12-5-6-13(18(22)23)15(20)8-12/h5-9,21H,3-4,10H2,1-2H3,(H,22,23). The molecular formula is C18H19Cl2NO4. The van der Waals surface area contributed by atoms with Crippen LogP contribution in [0.4, 0.5) is 5.69 Å². The van der Waals surface area contributed by atoms with Gasteiger partial charge in [0.05, 0.1) is 23.8 Å². The third kappa shape index (κ3) is 4.94. The monoisotopic (exact) mass is 383 g/mol. The quantitative estimate of drug-likeness (QED) is 0.663. The summed E-state index contributed by atoms with van der Waals surface area (Å²) in [7, 11) is 0. The molecule has 0 spiro atoms. The van der Waals surface area contributed by atoms with Crippen molar-refractivity contribution in [2.24, 2.45) is 0 Å². The molecule has 0 amide bonds. The van der Waals surface area contributed by atoms with Crippen LogP contribution in [-0.4, -0.2) is 24.3 Å². The van der Waals surface area contributed by atoms with Gasteiger partial charge in [-0.05, 0) is 43.7 Å². The van der Waals surface area contributed by atoms with Crippen LogP contribution in [0.25, 0.3) is 0 Å². The van der Waals surface area contributed by atoms with E-state index in [-0.39, 0.29) is 10.6 Å². The number of nitrogens with one attached hydrogen (secondary N) is 1. The number of hydrogen-bond acceptors (Lipinski definition) is 4. The highest BCUT2D eigenvalue weighted by Crippen LogP contribution is 2.34. The lowest BCUT2D eigenvalue weighted by molar-refractivity contribution is 0.0697. The van der Waals surface area contributed by atoms with E-state index in [9.17, 15) is 4.79 Å². The van der Waals surface area contributed by atoms with Crippen LogP contribution >= 0.6 is 23.2 Å². The smallest absolute Gasteiger partial charge is 0.337 e. The van der Waals surface area contributed by atoms with Gasteiger partial charge in [0.1, 0.15) is 0 Å². The Morgan fingerprint density at radius 1 is 1.04 bits per heavy atom. The Morgan fingerprint density at radius 3 is 2.24 bits per heavy atom. The fourth-order valence-corrected chi connectivity index (χ4v) is 2.73. The molecule has 7 heteroatoms. The number of carboxylic acids is 1. The molecule has 134 valence electrons. The minimum Gasteiger partial charge on any atom is -0.490 e. The second-order valence-corrected chi connectivity index (χ2v) is 5.92. The molecule has 2 rings (SSSR count). The predicted octanol–water partition coefficient (Wildman–Crippen LogP) is 5.10. The summed E-state index contributed by atoms with van der Waals surface area (Å²) in [5, 5.41) is 12.9. The maximum Gasteiger partial charge on any atom is 0.337 e. The van der Waals surface area contributed by atoms with Gasteiger partial charge in [0.15, 0.2) is 11.5 Å². The van der Waals surface area contributed by atoms with E-state index in [0.29, 0.717) is 42.0 Å². The molecule has 0 aliphatic heterocycles. The number of hydrogen-bond donors (Lipinski definition) is 2. The van der Waals surface area contributed by atoms with Crippen LogP contribution in [0, 0.1) is 0 Å². The van der Waals surface area contributed by atoms with Gasteiger partial charge in [0.25, 0.3) is 0 Å². The molecule has 0 heterocycles. The first-order chi connectivity index (χ1) is 12.0. The molecule has 2 aromatic carbocycles. The summed E-state index contributed by atoms with van der Waals surface area (Å²) >= 11 is 12.3. The molecule has 2 aromatic rings. The van der Waals surface area contributed by atoms with Gasteiger partial charge >= 0.3 is 5.97 Å². The van der Waals surface area contributed by atoms with Crippen molar-refractivity contribution in [2.45, 2.75) is 20.4 Å². The molecule has 0 aromatic heterocycles. The first kappa shape index (κ1) is 19.2. The summed E-state index contributed by atoms with van der Waals surface area (Å²) in [4.78, 5) is 11.0. The number of carboxylic acid groups (broad SMARTS) is 1. The van der Waals surface area contributed by atoms with E-state index in [0.717, 1.165) is 5.56 Å². The number of carbonyl (C=O) groups is 1. The molecule has 0 saturated heterocycles. The van der Waals surface area contributed by atoms with E-state index in [2.05, 4.69) is 5.32 Å². The minimum atomic E-state index is -1.06. The van der Waals surface area contributed by atoms with Gasteiger partial charge in [-0.1, -0.05) is 23.2 Å². The summed E-state index contributed by atoms with van der Waals surface area (Å²) in [6, 6.07) is 8.24. The lowest BCUT2D eigenvalue weighted by Gasteiger charge is -2.15.